The lowest BCUT2D eigenvalue weighted by Gasteiger charge is -2.20. The average molecular weight is 333 g/mol. The Kier molecular flexibility index (Phi) is 3.32. The second-order valence-corrected chi connectivity index (χ2v) is 7.45. The summed E-state index contributed by atoms with van der Waals surface area (Å²) in [5.41, 5.74) is 2.80. The molecular weight excluding hydrogens is 314 g/mol. The van der Waals surface area contributed by atoms with Crippen molar-refractivity contribution < 1.29 is 9.21 Å². The van der Waals surface area contributed by atoms with Gasteiger partial charge in [-0.1, -0.05) is 57.2 Å². The third kappa shape index (κ3) is 2.45. The van der Waals surface area contributed by atoms with Crippen LogP contribution in [0, 0.1) is 0 Å². The molecule has 4 rings (SSSR count). The first-order valence-electron chi connectivity index (χ1n) is 8.33. The van der Waals surface area contributed by atoms with E-state index < -0.39 is 6.04 Å². The molecule has 4 heteroatoms. The molecule has 1 atom stereocenters. The summed E-state index contributed by atoms with van der Waals surface area (Å²) in [6, 6.07) is 14.6. The van der Waals surface area contributed by atoms with Crippen LogP contribution in [-0.4, -0.2) is 5.91 Å². The van der Waals surface area contributed by atoms with Gasteiger partial charge in [0.25, 0.3) is 5.91 Å². The molecule has 0 radical (unpaired) electrons. The van der Waals surface area contributed by atoms with Crippen LogP contribution in [0.3, 0.4) is 0 Å². The number of hydrogen-bond donors (Lipinski definition) is 1. The largest absolute Gasteiger partial charge is 0.450 e. The molecule has 1 N–H and O–H groups in total. The van der Waals surface area contributed by atoms with E-state index in [1.54, 1.807) is 24.3 Å². The predicted molar refractivity (Wildman–Crippen MR) is 96.9 cm³/mol. The summed E-state index contributed by atoms with van der Waals surface area (Å²) in [7, 11) is 0. The lowest BCUT2D eigenvalue weighted by molar-refractivity contribution is 0.0938. The van der Waals surface area contributed by atoms with Gasteiger partial charge < -0.3 is 9.73 Å². The molecule has 0 fully saturated rings. The molecule has 126 valence electrons. The summed E-state index contributed by atoms with van der Waals surface area (Å²) in [6.07, 6.45) is 0. The standard InChI is InChI=1S/C21H19NO3/c1-21(2,3)13-10-8-12(9-11-13)17-16-18(23)14-6-4-5-7-15(14)25-19(16)20(24)22-17/h4-11,17H,1-3H3,(H,22,24). The maximum Gasteiger partial charge on any atom is 0.288 e. The van der Waals surface area contributed by atoms with Gasteiger partial charge in [0.1, 0.15) is 5.58 Å². The highest BCUT2D eigenvalue weighted by molar-refractivity contribution is 5.98. The molecule has 2 heterocycles. The van der Waals surface area contributed by atoms with Crippen LogP contribution in [0.25, 0.3) is 11.0 Å². The molecule has 0 saturated carbocycles. The number of benzene rings is 2. The van der Waals surface area contributed by atoms with E-state index in [-0.39, 0.29) is 22.5 Å². The minimum absolute atomic E-state index is 0.0462. The molecule has 25 heavy (non-hydrogen) atoms. The number of hydrogen-bond acceptors (Lipinski definition) is 3. The monoisotopic (exact) mass is 333 g/mol. The Morgan fingerprint density at radius 3 is 2.32 bits per heavy atom. The zero-order valence-electron chi connectivity index (χ0n) is 14.4. The Morgan fingerprint density at radius 2 is 1.64 bits per heavy atom. The number of carbonyl (C=O) groups is 1. The molecule has 0 saturated heterocycles. The molecule has 1 aliphatic heterocycles. The average Bonchev–Trinajstić information content (AvgIpc) is 2.92. The molecule has 2 aromatic carbocycles. The minimum Gasteiger partial charge on any atom is -0.450 e. The Bertz CT molecular complexity index is 1040. The fourth-order valence-electron chi connectivity index (χ4n) is 3.28. The summed E-state index contributed by atoms with van der Waals surface area (Å²) in [6.45, 7) is 6.44. The highest BCUT2D eigenvalue weighted by atomic mass is 16.3. The summed E-state index contributed by atoms with van der Waals surface area (Å²) in [5.74, 6) is -0.226. The van der Waals surface area contributed by atoms with Crippen molar-refractivity contribution in [2.45, 2.75) is 32.2 Å². The van der Waals surface area contributed by atoms with Crippen LogP contribution in [0.2, 0.25) is 0 Å². The summed E-state index contributed by atoms with van der Waals surface area (Å²) in [4.78, 5) is 25.3. The number of rotatable bonds is 1. The van der Waals surface area contributed by atoms with E-state index in [1.165, 1.54) is 5.56 Å². The van der Waals surface area contributed by atoms with E-state index in [4.69, 9.17) is 4.42 Å². The number of para-hydroxylation sites is 1. The molecule has 0 aliphatic carbocycles. The molecule has 1 aliphatic rings. The third-order valence-corrected chi connectivity index (χ3v) is 4.71. The Balaban J connectivity index is 1.87. The number of nitrogens with one attached hydrogen (secondary N) is 1. The highest BCUT2D eigenvalue weighted by Gasteiger charge is 2.35. The lowest BCUT2D eigenvalue weighted by atomic mass is 9.86. The van der Waals surface area contributed by atoms with Crippen LogP contribution < -0.4 is 10.7 Å². The Labute approximate surface area is 145 Å². The first-order valence-corrected chi connectivity index (χ1v) is 8.33. The van der Waals surface area contributed by atoms with Crippen molar-refractivity contribution in [3.63, 3.8) is 0 Å². The first-order chi connectivity index (χ1) is 11.9. The second kappa shape index (κ2) is 5.31. The van der Waals surface area contributed by atoms with E-state index in [1.807, 2.05) is 24.3 Å². The van der Waals surface area contributed by atoms with E-state index in [2.05, 4.69) is 26.1 Å². The van der Waals surface area contributed by atoms with E-state index in [0.29, 0.717) is 16.5 Å². The smallest absolute Gasteiger partial charge is 0.288 e. The molecule has 0 bridgehead atoms. The maximum absolute atomic E-state index is 12.9. The number of amides is 1. The lowest BCUT2D eigenvalue weighted by Crippen LogP contribution is -2.22. The molecule has 0 spiro atoms. The zero-order valence-corrected chi connectivity index (χ0v) is 14.4. The topological polar surface area (TPSA) is 59.3 Å². The predicted octanol–water partition coefficient (Wildman–Crippen LogP) is 3.92. The van der Waals surface area contributed by atoms with E-state index >= 15 is 0 Å². The normalized spacial score (nSPS) is 16.8. The first kappa shape index (κ1) is 15.6. The Hall–Kier alpha value is -2.88. The van der Waals surface area contributed by atoms with Gasteiger partial charge in [0.05, 0.1) is 17.0 Å². The fourth-order valence-corrected chi connectivity index (χ4v) is 3.28. The quantitative estimate of drug-likeness (QED) is 0.734. The van der Waals surface area contributed by atoms with Crippen molar-refractivity contribution in [1.29, 1.82) is 0 Å². The maximum atomic E-state index is 12.9. The van der Waals surface area contributed by atoms with Gasteiger partial charge in [0.2, 0.25) is 5.76 Å². The highest BCUT2D eigenvalue weighted by Crippen LogP contribution is 2.32. The third-order valence-electron chi connectivity index (χ3n) is 4.71. The van der Waals surface area contributed by atoms with Crippen LogP contribution in [0.15, 0.2) is 57.7 Å². The van der Waals surface area contributed by atoms with Gasteiger partial charge in [-0.3, -0.25) is 9.59 Å². The van der Waals surface area contributed by atoms with Crippen molar-refractivity contribution in [2.24, 2.45) is 0 Å². The fraction of sp³-hybridized carbons (Fsp3) is 0.238. The summed E-state index contributed by atoms with van der Waals surface area (Å²) >= 11 is 0. The van der Waals surface area contributed by atoms with Gasteiger partial charge in [0, 0.05) is 0 Å². The molecule has 1 aromatic heterocycles. The van der Waals surface area contributed by atoms with Crippen LogP contribution in [0.4, 0.5) is 0 Å². The van der Waals surface area contributed by atoms with E-state index in [9.17, 15) is 9.59 Å². The Morgan fingerprint density at radius 1 is 0.960 bits per heavy atom. The van der Waals surface area contributed by atoms with Gasteiger partial charge in [-0.25, -0.2) is 0 Å². The molecule has 1 amide bonds. The van der Waals surface area contributed by atoms with Gasteiger partial charge in [-0.05, 0) is 28.7 Å². The van der Waals surface area contributed by atoms with Gasteiger partial charge in [0.15, 0.2) is 5.43 Å². The van der Waals surface area contributed by atoms with Crippen molar-refractivity contribution >= 4 is 16.9 Å². The van der Waals surface area contributed by atoms with Crippen LogP contribution in [0.5, 0.6) is 0 Å². The van der Waals surface area contributed by atoms with Gasteiger partial charge in [-0.15, -0.1) is 0 Å². The van der Waals surface area contributed by atoms with Crippen molar-refractivity contribution in [2.75, 3.05) is 0 Å². The zero-order chi connectivity index (χ0) is 17.8. The van der Waals surface area contributed by atoms with Crippen LogP contribution in [0.1, 0.15) is 54.1 Å². The van der Waals surface area contributed by atoms with Crippen LogP contribution in [-0.2, 0) is 5.41 Å². The summed E-state index contributed by atoms with van der Waals surface area (Å²) in [5, 5.41) is 3.37. The summed E-state index contributed by atoms with van der Waals surface area (Å²) < 4.78 is 5.72. The van der Waals surface area contributed by atoms with Crippen molar-refractivity contribution in [1.82, 2.24) is 5.32 Å². The molecule has 4 nitrogen and oxygen atoms in total. The molecule has 3 aromatic rings. The van der Waals surface area contributed by atoms with Crippen molar-refractivity contribution in [3.05, 3.63) is 81.2 Å². The molecular formula is C21H19NO3. The van der Waals surface area contributed by atoms with Crippen molar-refractivity contribution in [3.8, 4) is 0 Å². The van der Waals surface area contributed by atoms with E-state index in [0.717, 1.165) is 5.56 Å². The minimum atomic E-state index is -0.475. The van der Waals surface area contributed by atoms with Gasteiger partial charge in [-0.2, -0.15) is 0 Å². The molecule has 1 unspecified atom stereocenters. The number of carbonyl (C=O) groups excluding carboxylic acids is 1. The van der Waals surface area contributed by atoms with Gasteiger partial charge >= 0.3 is 0 Å². The number of fused-ring (bicyclic) bond motifs is 2. The van der Waals surface area contributed by atoms with Crippen LogP contribution >= 0.6 is 0 Å². The SMILES string of the molecule is CC(C)(C)c1ccc(C2NC(=O)c3oc4ccccc4c(=O)c32)cc1. The second-order valence-electron chi connectivity index (χ2n) is 7.45.